The van der Waals surface area contributed by atoms with E-state index in [2.05, 4.69) is 44.3 Å². The van der Waals surface area contributed by atoms with Gasteiger partial charge in [0.25, 0.3) is 0 Å². The van der Waals surface area contributed by atoms with Crippen molar-refractivity contribution in [3.63, 3.8) is 0 Å². The average molecular weight is 273 g/mol. The smallest absolute Gasteiger partial charge is 0.132 e. The van der Waals surface area contributed by atoms with Crippen LogP contribution in [0.25, 0.3) is 0 Å². The predicted octanol–water partition coefficient (Wildman–Crippen LogP) is 3.50. The fourth-order valence-corrected chi connectivity index (χ4v) is 2.22. The Labute approximate surface area is 120 Å². The number of hydrogen-bond acceptors (Lipinski definition) is 3. The van der Waals surface area contributed by atoms with Gasteiger partial charge < -0.3 is 14.8 Å². The third-order valence-electron chi connectivity index (χ3n) is 3.67. The van der Waals surface area contributed by atoms with E-state index >= 15 is 0 Å². The lowest BCUT2D eigenvalue weighted by Gasteiger charge is -2.17. The summed E-state index contributed by atoms with van der Waals surface area (Å²) in [6, 6.07) is 10.3. The second-order valence-electron chi connectivity index (χ2n) is 5.47. The van der Waals surface area contributed by atoms with Crippen molar-refractivity contribution in [2.75, 3.05) is 0 Å². The minimum absolute atomic E-state index is 0.219. The number of nitrogens with one attached hydrogen (secondary N) is 1. The van der Waals surface area contributed by atoms with Gasteiger partial charge in [-0.2, -0.15) is 0 Å². The molecule has 2 atom stereocenters. The van der Waals surface area contributed by atoms with Crippen LogP contribution in [0.5, 0.6) is 0 Å². The molecule has 2 rings (SSSR count). The summed E-state index contributed by atoms with van der Waals surface area (Å²) in [5, 5.41) is 13.5. The zero-order valence-electron chi connectivity index (χ0n) is 12.4. The van der Waals surface area contributed by atoms with Gasteiger partial charge in [-0.05, 0) is 56.0 Å². The summed E-state index contributed by atoms with van der Waals surface area (Å²) in [7, 11) is 0. The van der Waals surface area contributed by atoms with E-state index in [0.717, 1.165) is 6.54 Å². The van der Waals surface area contributed by atoms with Crippen LogP contribution < -0.4 is 5.32 Å². The quantitative estimate of drug-likeness (QED) is 0.846. The van der Waals surface area contributed by atoms with Crippen molar-refractivity contribution in [1.82, 2.24) is 5.32 Å². The third kappa shape index (κ3) is 3.95. The molecule has 0 aliphatic rings. The first-order chi connectivity index (χ1) is 9.56. The highest BCUT2D eigenvalue weighted by Gasteiger charge is 2.14. The van der Waals surface area contributed by atoms with Crippen LogP contribution in [-0.2, 0) is 6.54 Å². The van der Waals surface area contributed by atoms with Crippen molar-refractivity contribution in [3.8, 4) is 0 Å². The number of benzene rings is 1. The third-order valence-corrected chi connectivity index (χ3v) is 3.67. The molecule has 3 nitrogen and oxygen atoms in total. The molecule has 1 aromatic heterocycles. The Morgan fingerprint density at radius 3 is 2.65 bits per heavy atom. The van der Waals surface area contributed by atoms with Gasteiger partial charge in [-0.3, -0.25) is 0 Å². The van der Waals surface area contributed by atoms with Crippen LogP contribution in [0.4, 0.5) is 0 Å². The standard InChI is InChI=1S/C17H23NO2/c1-12-6-7-15(9-13(12)2)11-18-14(3)10-16(19)17-5-4-8-20-17/h4-9,14,16,18-19H,10-11H2,1-3H3. The molecule has 2 N–H and O–H groups in total. The van der Waals surface area contributed by atoms with Gasteiger partial charge in [-0.15, -0.1) is 0 Å². The van der Waals surface area contributed by atoms with Gasteiger partial charge in [0.05, 0.1) is 6.26 Å². The Morgan fingerprint density at radius 2 is 2.00 bits per heavy atom. The minimum atomic E-state index is -0.549. The molecule has 108 valence electrons. The van der Waals surface area contributed by atoms with Crippen molar-refractivity contribution in [2.24, 2.45) is 0 Å². The van der Waals surface area contributed by atoms with Crippen molar-refractivity contribution in [3.05, 3.63) is 59.0 Å². The average Bonchev–Trinajstić information content (AvgIpc) is 2.94. The lowest BCUT2D eigenvalue weighted by atomic mass is 10.1. The Morgan fingerprint density at radius 1 is 1.20 bits per heavy atom. The van der Waals surface area contributed by atoms with E-state index in [-0.39, 0.29) is 6.04 Å². The van der Waals surface area contributed by atoms with E-state index in [9.17, 15) is 5.11 Å². The molecule has 0 aliphatic carbocycles. The van der Waals surface area contributed by atoms with E-state index in [4.69, 9.17) is 4.42 Å². The second-order valence-corrected chi connectivity index (χ2v) is 5.47. The highest BCUT2D eigenvalue weighted by atomic mass is 16.4. The maximum Gasteiger partial charge on any atom is 0.132 e. The van der Waals surface area contributed by atoms with Crippen LogP contribution in [0.2, 0.25) is 0 Å². The Kier molecular flexibility index (Phi) is 4.99. The van der Waals surface area contributed by atoms with Gasteiger partial charge in [0.1, 0.15) is 11.9 Å². The van der Waals surface area contributed by atoms with Crippen molar-refractivity contribution in [1.29, 1.82) is 0 Å². The van der Waals surface area contributed by atoms with Gasteiger partial charge in [-0.1, -0.05) is 18.2 Å². The molecule has 3 heteroatoms. The number of aliphatic hydroxyl groups excluding tert-OH is 1. The van der Waals surface area contributed by atoms with E-state index in [1.54, 1.807) is 18.4 Å². The summed E-state index contributed by atoms with van der Waals surface area (Å²) < 4.78 is 5.21. The fraction of sp³-hybridized carbons (Fsp3) is 0.412. The molecule has 0 radical (unpaired) electrons. The zero-order valence-corrected chi connectivity index (χ0v) is 12.4. The molecule has 20 heavy (non-hydrogen) atoms. The van der Waals surface area contributed by atoms with Crippen molar-refractivity contribution < 1.29 is 9.52 Å². The monoisotopic (exact) mass is 273 g/mol. The van der Waals surface area contributed by atoms with Crippen molar-refractivity contribution >= 4 is 0 Å². The first-order valence-corrected chi connectivity index (χ1v) is 7.07. The van der Waals surface area contributed by atoms with Gasteiger partial charge in [0.15, 0.2) is 0 Å². The van der Waals surface area contributed by atoms with Gasteiger partial charge in [0, 0.05) is 12.6 Å². The molecule has 1 aromatic carbocycles. The van der Waals surface area contributed by atoms with Crippen LogP contribution in [0.1, 0.15) is 41.9 Å². The maximum absolute atomic E-state index is 10.0. The number of furan rings is 1. The van der Waals surface area contributed by atoms with Crippen molar-refractivity contribution in [2.45, 2.75) is 45.9 Å². The molecule has 0 spiro atoms. The van der Waals surface area contributed by atoms with E-state index < -0.39 is 6.10 Å². The van der Waals surface area contributed by atoms with Gasteiger partial charge >= 0.3 is 0 Å². The molecule has 0 fully saturated rings. The fourth-order valence-electron chi connectivity index (χ4n) is 2.22. The molecular weight excluding hydrogens is 250 g/mol. The first kappa shape index (κ1) is 14.8. The van der Waals surface area contributed by atoms with Gasteiger partial charge in [0.2, 0.25) is 0 Å². The molecule has 2 unspecified atom stereocenters. The minimum Gasteiger partial charge on any atom is -0.467 e. The SMILES string of the molecule is Cc1ccc(CNC(C)CC(O)c2ccco2)cc1C. The summed E-state index contributed by atoms with van der Waals surface area (Å²) in [5.41, 5.74) is 3.90. The molecule has 0 aliphatic heterocycles. The van der Waals surface area contributed by atoms with Crippen LogP contribution in [0.15, 0.2) is 41.0 Å². The van der Waals surface area contributed by atoms with Crippen LogP contribution in [0.3, 0.4) is 0 Å². The molecule has 1 heterocycles. The molecule has 0 amide bonds. The van der Waals surface area contributed by atoms with E-state index in [0.29, 0.717) is 12.2 Å². The van der Waals surface area contributed by atoms with Crippen LogP contribution in [0, 0.1) is 13.8 Å². The summed E-state index contributed by atoms with van der Waals surface area (Å²) in [5.74, 6) is 0.629. The Hall–Kier alpha value is -1.58. The topological polar surface area (TPSA) is 45.4 Å². The first-order valence-electron chi connectivity index (χ1n) is 7.07. The molecular formula is C17H23NO2. The summed E-state index contributed by atoms with van der Waals surface area (Å²) in [6.45, 7) is 7.14. The molecule has 0 saturated carbocycles. The lowest BCUT2D eigenvalue weighted by molar-refractivity contribution is 0.128. The largest absolute Gasteiger partial charge is 0.467 e. The number of rotatable bonds is 6. The maximum atomic E-state index is 10.0. The summed E-state index contributed by atoms with van der Waals surface area (Å²) >= 11 is 0. The number of aliphatic hydroxyl groups is 1. The Balaban J connectivity index is 1.82. The molecule has 0 bridgehead atoms. The van der Waals surface area contributed by atoms with E-state index in [1.165, 1.54) is 16.7 Å². The Bertz CT molecular complexity index is 534. The van der Waals surface area contributed by atoms with E-state index in [1.807, 2.05) is 0 Å². The number of aryl methyl sites for hydroxylation is 2. The summed E-state index contributed by atoms with van der Waals surface area (Å²) in [4.78, 5) is 0. The lowest BCUT2D eigenvalue weighted by Crippen LogP contribution is -2.27. The predicted molar refractivity (Wildman–Crippen MR) is 80.5 cm³/mol. The molecule has 0 saturated heterocycles. The van der Waals surface area contributed by atoms with Gasteiger partial charge in [-0.25, -0.2) is 0 Å². The summed E-state index contributed by atoms with van der Waals surface area (Å²) in [6.07, 6.45) is 1.68. The van der Waals surface area contributed by atoms with Crippen LogP contribution in [-0.4, -0.2) is 11.1 Å². The second kappa shape index (κ2) is 6.73. The zero-order chi connectivity index (χ0) is 14.5. The highest BCUT2D eigenvalue weighted by Crippen LogP contribution is 2.18. The molecule has 2 aromatic rings. The number of hydrogen-bond donors (Lipinski definition) is 2. The highest BCUT2D eigenvalue weighted by molar-refractivity contribution is 5.29. The van der Waals surface area contributed by atoms with Crippen LogP contribution >= 0.6 is 0 Å². The normalized spacial score (nSPS) is 14.2.